The van der Waals surface area contributed by atoms with Crippen molar-refractivity contribution in [2.75, 3.05) is 20.4 Å². The normalized spacial score (nSPS) is 11.1. The summed E-state index contributed by atoms with van der Waals surface area (Å²) in [6, 6.07) is 0.926. The molecule has 0 aliphatic heterocycles. The van der Waals surface area contributed by atoms with Crippen molar-refractivity contribution in [1.82, 2.24) is 10.6 Å². The second kappa shape index (κ2) is 5.99. The lowest BCUT2D eigenvalue weighted by Crippen LogP contribution is -2.34. The van der Waals surface area contributed by atoms with Crippen molar-refractivity contribution in [1.29, 1.82) is 0 Å². The molecule has 0 unspecified atom stereocenters. The first-order valence-corrected chi connectivity index (χ1v) is 8.20. The Bertz CT molecular complexity index is 157. The van der Waals surface area contributed by atoms with E-state index >= 15 is 0 Å². The van der Waals surface area contributed by atoms with Gasteiger partial charge < -0.3 is 15.4 Å². The Kier molecular flexibility index (Phi) is 5.73. The molecular formula is C8H20N2O2Si. The van der Waals surface area contributed by atoms with E-state index < -0.39 is 8.07 Å². The van der Waals surface area contributed by atoms with Gasteiger partial charge >= 0.3 is 6.03 Å². The average Bonchev–Trinajstić information content (AvgIpc) is 2.01. The number of amides is 2. The van der Waals surface area contributed by atoms with E-state index in [0.29, 0.717) is 6.73 Å². The second-order valence-electron chi connectivity index (χ2n) is 4.12. The van der Waals surface area contributed by atoms with Crippen LogP contribution in [0, 0.1) is 0 Å². The minimum atomic E-state index is -0.996. The van der Waals surface area contributed by atoms with Crippen LogP contribution in [-0.4, -0.2) is 34.5 Å². The van der Waals surface area contributed by atoms with Gasteiger partial charge in [-0.1, -0.05) is 19.6 Å². The molecule has 0 aromatic heterocycles. The van der Waals surface area contributed by atoms with Crippen LogP contribution in [0.5, 0.6) is 0 Å². The maximum atomic E-state index is 10.7. The van der Waals surface area contributed by atoms with Gasteiger partial charge in [-0.25, -0.2) is 4.79 Å². The highest BCUT2D eigenvalue weighted by molar-refractivity contribution is 6.76. The molecule has 0 rings (SSSR count). The largest absolute Gasteiger partial charge is 0.361 e. The Labute approximate surface area is 81.0 Å². The molecule has 0 saturated heterocycles. The van der Waals surface area contributed by atoms with Crippen molar-refractivity contribution in [3.63, 3.8) is 0 Å². The zero-order chi connectivity index (χ0) is 10.3. The summed E-state index contributed by atoms with van der Waals surface area (Å²) in [6.07, 6.45) is 0. The standard InChI is InChI=1S/C8H20N2O2Si/c1-9-8(11)10-7-12-5-6-13(2,3)4/h5-7H2,1-4H3,(H2,9,10,11). The van der Waals surface area contributed by atoms with Crippen molar-refractivity contribution < 1.29 is 9.53 Å². The Morgan fingerprint density at radius 3 is 2.46 bits per heavy atom. The Morgan fingerprint density at radius 2 is 2.00 bits per heavy atom. The molecule has 0 radical (unpaired) electrons. The van der Waals surface area contributed by atoms with Gasteiger partial charge in [0.25, 0.3) is 0 Å². The van der Waals surface area contributed by atoms with E-state index in [4.69, 9.17) is 4.74 Å². The van der Waals surface area contributed by atoms with E-state index in [-0.39, 0.29) is 6.03 Å². The molecule has 0 saturated carbocycles. The summed E-state index contributed by atoms with van der Waals surface area (Å²) in [5.41, 5.74) is 0. The van der Waals surface area contributed by atoms with Gasteiger partial charge in [0, 0.05) is 21.7 Å². The number of carbonyl (C=O) groups is 1. The van der Waals surface area contributed by atoms with Gasteiger partial charge in [0.2, 0.25) is 0 Å². The van der Waals surface area contributed by atoms with Gasteiger partial charge in [-0.2, -0.15) is 0 Å². The molecule has 78 valence electrons. The smallest absolute Gasteiger partial charge is 0.316 e. The summed E-state index contributed by atoms with van der Waals surface area (Å²) >= 11 is 0. The van der Waals surface area contributed by atoms with Crippen LogP contribution < -0.4 is 10.6 Å². The fourth-order valence-corrected chi connectivity index (χ4v) is 1.41. The minimum Gasteiger partial charge on any atom is -0.361 e. The molecular weight excluding hydrogens is 184 g/mol. The van der Waals surface area contributed by atoms with E-state index in [9.17, 15) is 4.79 Å². The summed E-state index contributed by atoms with van der Waals surface area (Å²) < 4.78 is 5.24. The van der Waals surface area contributed by atoms with Crippen LogP contribution in [0.15, 0.2) is 0 Å². The molecule has 0 aromatic rings. The lowest BCUT2D eigenvalue weighted by molar-refractivity contribution is 0.131. The second-order valence-corrected chi connectivity index (χ2v) is 9.74. The zero-order valence-corrected chi connectivity index (χ0v) is 9.94. The van der Waals surface area contributed by atoms with E-state index in [1.165, 1.54) is 0 Å². The Morgan fingerprint density at radius 1 is 1.38 bits per heavy atom. The highest BCUT2D eigenvalue weighted by Gasteiger charge is 2.11. The molecule has 2 N–H and O–H groups in total. The molecule has 0 atom stereocenters. The SMILES string of the molecule is CNC(=O)NCOCC[Si](C)(C)C. The van der Waals surface area contributed by atoms with Gasteiger partial charge in [-0.3, -0.25) is 0 Å². The van der Waals surface area contributed by atoms with Gasteiger partial charge in [-0.05, 0) is 6.04 Å². The van der Waals surface area contributed by atoms with Gasteiger partial charge in [-0.15, -0.1) is 0 Å². The summed E-state index contributed by atoms with van der Waals surface area (Å²) in [4.78, 5) is 10.7. The summed E-state index contributed by atoms with van der Waals surface area (Å²) in [6.45, 7) is 7.91. The molecule has 2 amide bonds. The van der Waals surface area contributed by atoms with Crippen LogP contribution in [0.2, 0.25) is 25.7 Å². The third kappa shape index (κ3) is 9.36. The fourth-order valence-electron chi connectivity index (χ4n) is 0.655. The number of carbonyl (C=O) groups excluding carboxylic acids is 1. The Balaban J connectivity index is 3.22. The topological polar surface area (TPSA) is 50.4 Å². The predicted octanol–water partition coefficient (Wildman–Crippen LogP) is 1.23. The molecule has 0 aliphatic rings. The van der Waals surface area contributed by atoms with Crippen LogP contribution in [0.4, 0.5) is 4.79 Å². The van der Waals surface area contributed by atoms with Crippen molar-refractivity contribution >= 4 is 14.1 Å². The highest BCUT2D eigenvalue weighted by Crippen LogP contribution is 2.06. The first-order chi connectivity index (χ1) is 5.95. The van der Waals surface area contributed by atoms with Crippen molar-refractivity contribution in [3.05, 3.63) is 0 Å². The van der Waals surface area contributed by atoms with Crippen LogP contribution in [0.3, 0.4) is 0 Å². The van der Waals surface area contributed by atoms with E-state index in [0.717, 1.165) is 12.7 Å². The van der Waals surface area contributed by atoms with Gasteiger partial charge in [0.05, 0.1) is 0 Å². The third-order valence-corrected chi connectivity index (χ3v) is 3.26. The highest BCUT2D eigenvalue weighted by atomic mass is 28.3. The van der Waals surface area contributed by atoms with Gasteiger partial charge in [0.1, 0.15) is 6.73 Å². The summed E-state index contributed by atoms with van der Waals surface area (Å²) in [7, 11) is 0.585. The number of hydrogen-bond acceptors (Lipinski definition) is 2. The van der Waals surface area contributed by atoms with Crippen molar-refractivity contribution in [2.45, 2.75) is 25.7 Å². The fraction of sp³-hybridized carbons (Fsp3) is 0.875. The summed E-state index contributed by atoms with van der Waals surface area (Å²) in [5, 5.41) is 5.01. The summed E-state index contributed by atoms with van der Waals surface area (Å²) in [5.74, 6) is 0. The number of nitrogens with one attached hydrogen (secondary N) is 2. The van der Waals surface area contributed by atoms with Crippen LogP contribution in [0.25, 0.3) is 0 Å². The zero-order valence-electron chi connectivity index (χ0n) is 8.94. The molecule has 0 fully saturated rings. The first kappa shape index (κ1) is 12.4. The number of hydrogen-bond donors (Lipinski definition) is 2. The maximum absolute atomic E-state index is 10.7. The molecule has 0 heterocycles. The molecule has 0 aliphatic carbocycles. The van der Waals surface area contributed by atoms with Crippen LogP contribution >= 0.6 is 0 Å². The Hall–Kier alpha value is -0.553. The lowest BCUT2D eigenvalue weighted by Gasteiger charge is -2.15. The van der Waals surface area contributed by atoms with Crippen LogP contribution in [-0.2, 0) is 4.74 Å². The molecule has 0 aromatic carbocycles. The van der Waals surface area contributed by atoms with E-state index in [1.807, 2.05) is 0 Å². The van der Waals surface area contributed by atoms with E-state index in [2.05, 4.69) is 30.3 Å². The van der Waals surface area contributed by atoms with Crippen LogP contribution in [0.1, 0.15) is 0 Å². The lowest BCUT2D eigenvalue weighted by atomic mass is 10.8. The van der Waals surface area contributed by atoms with Crippen molar-refractivity contribution in [2.24, 2.45) is 0 Å². The minimum absolute atomic E-state index is 0.201. The molecule has 13 heavy (non-hydrogen) atoms. The molecule has 5 heteroatoms. The van der Waals surface area contributed by atoms with E-state index in [1.54, 1.807) is 7.05 Å². The van der Waals surface area contributed by atoms with Gasteiger partial charge in [0.15, 0.2) is 0 Å². The third-order valence-electron chi connectivity index (χ3n) is 1.56. The molecule has 0 spiro atoms. The monoisotopic (exact) mass is 204 g/mol. The molecule has 4 nitrogen and oxygen atoms in total. The first-order valence-electron chi connectivity index (χ1n) is 4.49. The number of ether oxygens (including phenoxy) is 1. The predicted molar refractivity (Wildman–Crippen MR) is 56.6 cm³/mol. The molecule has 0 bridgehead atoms. The van der Waals surface area contributed by atoms with Crippen molar-refractivity contribution in [3.8, 4) is 0 Å². The number of rotatable bonds is 5. The maximum Gasteiger partial charge on any atom is 0.316 e. The average molecular weight is 204 g/mol. The number of urea groups is 1. The quantitative estimate of drug-likeness (QED) is 0.402.